The van der Waals surface area contributed by atoms with Crippen LogP contribution in [0.1, 0.15) is 17.5 Å². The van der Waals surface area contributed by atoms with Gasteiger partial charge in [0, 0.05) is 0 Å². The van der Waals surface area contributed by atoms with E-state index < -0.39 is 12.1 Å². The Balaban J connectivity index is 2.32. The maximum Gasteiger partial charge on any atom is 0.473 e. The van der Waals surface area contributed by atoms with Crippen molar-refractivity contribution in [1.82, 2.24) is 0 Å². The zero-order valence-electron chi connectivity index (χ0n) is 8.21. The quantitative estimate of drug-likeness (QED) is 0.669. The molecular formula is C11H8F3NO. The fourth-order valence-electron chi connectivity index (χ4n) is 1.71. The highest BCUT2D eigenvalue weighted by Crippen LogP contribution is 2.24. The highest BCUT2D eigenvalue weighted by Gasteiger charge is 2.39. The second kappa shape index (κ2) is 3.73. The van der Waals surface area contributed by atoms with E-state index in [1.807, 2.05) is 12.1 Å². The molecule has 0 bridgehead atoms. The van der Waals surface area contributed by atoms with Crippen LogP contribution in [0.25, 0.3) is 0 Å². The molecule has 1 aliphatic rings. The van der Waals surface area contributed by atoms with Crippen LogP contribution in [0.4, 0.5) is 13.2 Å². The summed E-state index contributed by atoms with van der Waals surface area (Å²) < 4.78 is 36.1. The van der Waals surface area contributed by atoms with E-state index in [-0.39, 0.29) is 5.71 Å². The molecule has 0 saturated carbocycles. The molecular weight excluding hydrogens is 219 g/mol. The Hall–Kier alpha value is -1.65. The molecule has 1 amide bonds. The Bertz CT molecular complexity index is 463. The van der Waals surface area contributed by atoms with Gasteiger partial charge in [0.15, 0.2) is 0 Å². The van der Waals surface area contributed by atoms with Crippen molar-refractivity contribution < 1.29 is 18.0 Å². The number of hydrogen-bond acceptors (Lipinski definition) is 1. The molecule has 0 aliphatic heterocycles. The summed E-state index contributed by atoms with van der Waals surface area (Å²) in [6, 6.07) is 7.05. The maximum absolute atomic E-state index is 12.0. The van der Waals surface area contributed by atoms with Gasteiger partial charge >= 0.3 is 12.1 Å². The fourth-order valence-corrected chi connectivity index (χ4v) is 1.71. The van der Waals surface area contributed by atoms with Crippen LogP contribution in [0, 0.1) is 0 Å². The predicted octanol–water partition coefficient (Wildman–Crippen LogP) is 2.51. The smallest absolute Gasteiger partial charge is 0.262 e. The lowest BCUT2D eigenvalue weighted by molar-refractivity contribution is -0.169. The largest absolute Gasteiger partial charge is 0.473 e. The van der Waals surface area contributed by atoms with Crippen molar-refractivity contribution >= 4 is 11.6 Å². The third-order valence-electron chi connectivity index (χ3n) is 2.44. The zero-order chi connectivity index (χ0) is 11.8. The highest BCUT2D eigenvalue weighted by molar-refractivity contribution is 6.10. The number of fused-ring (bicyclic) bond motifs is 1. The van der Waals surface area contributed by atoms with Crippen LogP contribution in [0.3, 0.4) is 0 Å². The number of aryl methyl sites for hydroxylation is 1. The fraction of sp³-hybridized carbons (Fsp3) is 0.273. The van der Waals surface area contributed by atoms with Gasteiger partial charge in [-0.15, -0.1) is 0 Å². The van der Waals surface area contributed by atoms with E-state index in [2.05, 4.69) is 4.99 Å². The minimum Gasteiger partial charge on any atom is -0.262 e. The molecule has 0 heterocycles. The molecule has 2 nitrogen and oxygen atoms in total. The first-order chi connectivity index (χ1) is 7.48. The molecule has 1 aliphatic carbocycles. The Morgan fingerprint density at radius 2 is 1.88 bits per heavy atom. The van der Waals surface area contributed by atoms with Crippen LogP contribution in [0.2, 0.25) is 0 Å². The van der Waals surface area contributed by atoms with E-state index in [1.54, 1.807) is 12.1 Å². The molecule has 5 heteroatoms. The first-order valence-corrected chi connectivity index (χ1v) is 4.75. The second-order valence-corrected chi connectivity index (χ2v) is 3.52. The number of carbonyl (C=O) groups is 1. The van der Waals surface area contributed by atoms with Crippen molar-refractivity contribution in [3.63, 3.8) is 0 Å². The van der Waals surface area contributed by atoms with Crippen LogP contribution < -0.4 is 0 Å². The van der Waals surface area contributed by atoms with E-state index in [9.17, 15) is 18.0 Å². The number of hydrogen-bond donors (Lipinski definition) is 0. The van der Waals surface area contributed by atoms with Crippen molar-refractivity contribution in [3.8, 4) is 0 Å². The molecule has 0 spiro atoms. The lowest BCUT2D eigenvalue weighted by Crippen LogP contribution is -2.21. The first-order valence-electron chi connectivity index (χ1n) is 4.75. The Morgan fingerprint density at radius 1 is 1.19 bits per heavy atom. The molecule has 0 aromatic heterocycles. The minimum atomic E-state index is -4.88. The molecule has 0 unspecified atom stereocenters. The lowest BCUT2D eigenvalue weighted by Gasteiger charge is -2.02. The normalized spacial score (nSPS) is 17.6. The molecule has 0 N–H and O–H groups in total. The monoisotopic (exact) mass is 227 g/mol. The number of benzene rings is 1. The Morgan fingerprint density at radius 3 is 2.56 bits per heavy atom. The van der Waals surface area contributed by atoms with Crippen molar-refractivity contribution in [2.45, 2.75) is 19.0 Å². The number of halogens is 3. The van der Waals surface area contributed by atoms with Gasteiger partial charge in [0.25, 0.3) is 0 Å². The van der Waals surface area contributed by atoms with Gasteiger partial charge in [0.2, 0.25) is 0 Å². The van der Waals surface area contributed by atoms with E-state index in [4.69, 9.17) is 0 Å². The van der Waals surface area contributed by atoms with E-state index in [0.29, 0.717) is 18.4 Å². The summed E-state index contributed by atoms with van der Waals surface area (Å²) in [5, 5.41) is 0. The average molecular weight is 227 g/mol. The summed E-state index contributed by atoms with van der Waals surface area (Å²) in [6.45, 7) is 0. The third-order valence-corrected chi connectivity index (χ3v) is 2.44. The average Bonchev–Trinajstić information content (AvgIpc) is 2.61. The highest BCUT2D eigenvalue weighted by atomic mass is 19.4. The minimum absolute atomic E-state index is 0.234. The van der Waals surface area contributed by atoms with Crippen molar-refractivity contribution in [1.29, 1.82) is 0 Å². The molecule has 0 saturated heterocycles. The molecule has 1 aromatic carbocycles. The topological polar surface area (TPSA) is 29.4 Å². The molecule has 2 rings (SSSR count). The van der Waals surface area contributed by atoms with Gasteiger partial charge in [-0.2, -0.15) is 13.2 Å². The number of aliphatic imine (C=N–C) groups is 1. The molecule has 84 valence electrons. The Kier molecular flexibility index (Phi) is 2.53. The molecule has 0 fully saturated rings. The molecule has 0 atom stereocenters. The van der Waals surface area contributed by atoms with E-state index >= 15 is 0 Å². The van der Waals surface area contributed by atoms with Crippen LogP contribution in [0.15, 0.2) is 29.3 Å². The number of rotatable bonds is 0. The summed E-state index contributed by atoms with van der Waals surface area (Å²) in [4.78, 5) is 13.9. The van der Waals surface area contributed by atoms with Crippen molar-refractivity contribution in [2.75, 3.05) is 0 Å². The number of nitrogens with zero attached hydrogens (tertiary/aromatic N) is 1. The van der Waals surface area contributed by atoms with E-state index in [1.165, 1.54) is 0 Å². The number of amides is 1. The predicted molar refractivity (Wildman–Crippen MR) is 52.4 cm³/mol. The second-order valence-electron chi connectivity index (χ2n) is 3.52. The van der Waals surface area contributed by atoms with Gasteiger partial charge in [0.1, 0.15) is 0 Å². The van der Waals surface area contributed by atoms with Gasteiger partial charge in [-0.25, -0.2) is 4.99 Å². The lowest BCUT2D eigenvalue weighted by atomic mass is 10.1. The van der Waals surface area contributed by atoms with Gasteiger partial charge in [-0.1, -0.05) is 24.3 Å². The SMILES string of the molecule is O=C(N=C1CCc2ccccc21)C(F)(F)F. The van der Waals surface area contributed by atoms with Gasteiger partial charge in [0.05, 0.1) is 5.71 Å². The number of alkyl halides is 3. The summed E-state index contributed by atoms with van der Waals surface area (Å²) >= 11 is 0. The number of carbonyl (C=O) groups excluding carboxylic acids is 1. The van der Waals surface area contributed by atoms with Gasteiger partial charge in [-0.05, 0) is 24.0 Å². The van der Waals surface area contributed by atoms with E-state index in [0.717, 1.165) is 5.56 Å². The van der Waals surface area contributed by atoms with Crippen LogP contribution in [-0.4, -0.2) is 17.8 Å². The Labute approximate surface area is 89.8 Å². The van der Waals surface area contributed by atoms with Gasteiger partial charge in [-0.3, -0.25) is 4.79 Å². The van der Waals surface area contributed by atoms with Crippen molar-refractivity contribution in [2.24, 2.45) is 4.99 Å². The molecule has 1 aromatic rings. The molecule has 0 radical (unpaired) electrons. The summed E-state index contributed by atoms with van der Waals surface area (Å²) in [5.74, 6) is -2.03. The molecule has 16 heavy (non-hydrogen) atoms. The van der Waals surface area contributed by atoms with Crippen LogP contribution >= 0.6 is 0 Å². The maximum atomic E-state index is 12.0. The standard InChI is InChI=1S/C11H8F3NO/c12-11(13,14)10(16)15-9-6-5-7-3-1-2-4-8(7)9/h1-4H,5-6H2. The zero-order valence-corrected chi connectivity index (χ0v) is 8.21. The first kappa shape index (κ1) is 10.9. The van der Waals surface area contributed by atoms with Crippen molar-refractivity contribution in [3.05, 3.63) is 35.4 Å². The summed E-state index contributed by atoms with van der Waals surface area (Å²) in [7, 11) is 0. The van der Waals surface area contributed by atoms with Gasteiger partial charge < -0.3 is 0 Å². The third kappa shape index (κ3) is 1.98. The summed E-state index contributed by atoms with van der Waals surface area (Å²) in [5.41, 5.74) is 1.83. The van der Waals surface area contributed by atoms with Crippen LogP contribution in [-0.2, 0) is 11.2 Å². The summed E-state index contributed by atoms with van der Waals surface area (Å²) in [6.07, 6.45) is -3.86. The van der Waals surface area contributed by atoms with Crippen LogP contribution in [0.5, 0.6) is 0 Å².